The SMILES string of the molecule is CCC(Nc1ccccc1C#N)c1cccc(Cl)c1. The molecule has 1 N–H and O–H groups in total. The quantitative estimate of drug-likeness (QED) is 0.868. The summed E-state index contributed by atoms with van der Waals surface area (Å²) in [6, 6.07) is 17.7. The maximum atomic E-state index is 9.11. The van der Waals surface area contributed by atoms with Crippen molar-refractivity contribution in [2.45, 2.75) is 19.4 Å². The Morgan fingerprint density at radius 2 is 2.00 bits per heavy atom. The molecule has 0 saturated carbocycles. The predicted molar refractivity (Wildman–Crippen MR) is 79.3 cm³/mol. The summed E-state index contributed by atoms with van der Waals surface area (Å²) in [6.45, 7) is 2.10. The summed E-state index contributed by atoms with van der Waals surface area (Å²) in [5, 5.41) is 13.2. The minimum absolute atomic E-state index is 0.146. The molecule has 3 heteroatoms. The Labute approximate surface area is 118 Å². The smallest absolute Gasteiger partial charge is 0.101 e. The second-order valence-corrected chi connectivity index (χ2v) is 4.75. The van der Waals surface area contributed by atoms with Gasteiger partial charge in [0.2, 0.25) is 0 Å². The third kappa shape index (κ3) is 3.27. The van der Waals surface area contributed by atoms with Gasteiger partial charge in [0, 0.05) is 5.02 Å². The molecule has 0 radical (unpaired) electrons. The van der Waals surface area contributed by atoms with Crippen LogP contribution in [0.1, 0.15) is 30.5 Å². The van der Waals surface area contributed by atoms with Crippen molar-refractivity contribution in [3.05, 3.63) is 64.7 Å². The lowest BCUT2D eigenvalue weighted by molar-refractivity contribution is 0.749. The summed E-state index contributed by atoms with van der Waals surface area (Å²) in [5.74, 6) is 0. The zero-order valence-electron chi connectivity index (χ0n) is 10.7. The Bertz CT molecular complexity index is 602. The van der Waals surface area contributed by atoms with Gasteiger partial charge in [0.25, 0.3) is 0 Å². The van der Waals surface area contributed by atoms with Crippen LogP contribution in [0.25, 0.3) is 0 Å². The van der Waals surface area contributed by atoms with E-state index in [0.29, 0.717) is 5.56 Å². The van der Waals surface area contributed by atoms with Gasteiger partial charge in [-0.1, -0.05) is 42.8 Å². The summed E-state index contributed by atoms with van der Waals surface area (Å²) in [5.41, 5.74) is 2.64. The minimum Gasteiger partial charge on any atom is -0.377 e. The molecule has 0 aromatic heterocycles. The van der Waals surface area contributed by atoms with Crippen LogP contribution >= 0.6 is 11.6 Å². The lowest BCUT2D eigenvalue weighted by Crippen LogP contribution is -2.10. The van der Waals surface area contributed by atoms with E-state index in [0.717, 1.165) is 22.7 Å². The van der Waals surface area contributed by atoms with Crippen molar-refractivity contribution in [3.63, 3.8) is 0 Å². The number of nitrogens with one attached hydrogen (secondary N) is 1. The van der Waals surface area contributed by atoms with E-state index in [2.05, 4.69) is 18.3 Å². The molecule has 1 atom stereocenters. The maximum absolute atomic E-state index is 9.11. The number of nitriles is 1. The summed E-state index contributed by atoms with van der Waals surface area (Å²) in [7, 11) is 0. The van der Waals surface area contributed by atoms with Crippen LogP contribution in [-0.2, 0) is 0 Å². The fourth-order valence-corrected chi connectivity index (χ4v) is 2.24. The predicted octanol–water partition coefficient (Wildman–Crippen LogP) is 4.77. The summed E-state index contributed by atoms with van der Waals surface area (Å²) in [6.07, 6.45) is 0.917. The highest BCUT2D eigenvalue weighted by molar-refractivity contribution is 6.30. The van der Waals surface area contributed by atoms with E-state index < -0.39 is 0 Å². The Kier molecular flexibility index (Phi) is 4.43. The highest BCUT2D eigenvalue weighted by Crippen LogP contribution is 2.26. The Balaban J connectivity index is 2.27. The molecule has 2 aromatic carbocycles. The summed E-state index contributed by atoms with van der Waals surface area (Å²) >= 11 is 6.03. The van der Waals surface area contributed by atoms with Crippen LogP contribution in [-0.4, -0.2) is 0 Å². The van der Waals surface area contributed by atoms with Gasteiger partial charge in [0.15, 0.2) is 0 Å². The molecular weight excluding hydrogens is 256 g/mol. The highest BCUT2D eigenvalue weighted by Gasteiger charge is 2.11. The number of para-hydroxylation sites is 1. The number of hydrogen-bond acceptors (Lipinski definition) is 2. The van der Waals surface area contributed by atoms with E-state index in [4.69, 9.17) is 16.9 Å². The monoisotopic (exact) mass is 270 g/mol. The van der Waals surface area contributed by atoms with E-state index in [1.165, 1.54) is 0 Å². The maximum Gasteiger partial charge on any atom is 0.101 e. The van der Waals surface area contributed by atoms with E-state index >= 15 is 0 Å². The van der Waals surface area contributed by atoms with Crippen molar-refractivity contribution in [2.75, 3.05) is 5.32 Å². The fraction of sp³-hybridized carbons (Fsp3) is 0.188. The summed E-state index contributed by atoms with van der Waals surface area (Å²) < 4.78 is 0. The second-order valence-electron chi connectivity index (χ2n) is 4.32. The van der Waals surface area contributed by atoms with Crippen molar-refractivity contribution in [1.29, 1.82) is 5.26 Å². The van der Waals surface area contributed by atoms with Crippen molar-refractivity contribution in [1.82, 2.24) is 0 Å². The molecule has 0 amide bonds. The van der Waals surface area contributed by atoms with Gasteiger partial charge < -0.3 is 5.32 Å². The lowest BCUT2D eigenvalue weighted by atomic mass is 10.0. The zero-order chi connectivity index (χ0) is 13.7. The number of nitrogens with zero attached hydrogens (tertiary/aromatic N) is 1. The first-order chi connectivity index (χ1) is 9.24. The van der Waals surface area contributed by atoms with Gasteiger partial charge in [-0.05, 0) is 36.2 Å². The molecule has 1 unspecified atom stereocenters. The van der Waals surface area contributed by atoms with Crippen LogP contribution in [0, 0.1) is 11.3 Å². The Morgan fingerprint density at radius 3 is 2.68 bits per heavy atom. The lowest BCUT2D eigenvalue weighted by Gasteiger charge is -2.19. The Morgan fingerprint density at radius 1 is 1.21 bits per heavy atom. The largest absolute Gasteiger partial charge is 0.377 e. The molecule has 19 heavy (non-hydrogen) atoms. The van der Waals surface area contributed by atoms with Gasteiger partial charge >= 0.3 is 0 Å². The van der Waals surface area contributed by atoms with Crippen LogP contribution in [0.5, 0.6) is 0 Å². The first-order valence-electron chi connectivity index (χ1n) is 6.25. The number of hydrogen-bond donors (Lipinski definition) is 1. The van der Waals surface area contributed by atoms with Crippen molar-refractivity contribution < 1.29 is 0 Å². The number of rotatable bonds is 4. The number of benzene rings is 2. The third-order valence-electron chi connectivity index (χ3n) is 3.04. The van der Waals surface area contributed by atoms with Gasteiger partial charge in [-0.3, -0.25) is 0 Å². The van der Waals surface area contributed by atoms with Crippen LogP contribution in [0.2, 0.25) is 5.02 Å². The number of halogens is 1. The average molecular weight is 271 g/mol. The molecule has 0 aliphatic rings. The minimum atomic E-state index is 0.146. The van der Waals surface area contributed by atoms with Crippen LogP contribution < -0.4 is 5.32 Å². The first-order valence-corrected chi connectivity index (χ1v) is 6.63. The van der Waals surface area contributed by atoms with Gasteiger partial charge in [0.05, 0.1) is 17.3 Å². The second kappa shape index (κ2) is 6.26. The molecule has 0 heterocycles. The van der Waals surface area contributed by atoms with Crippen LogP contribution in [0.4, 0.5) is 5.69 Å². The van der Waals surface area contributed by atoms with Gasteiger partial charge in [-0.2, -0.15) is 5.26 Å². The molecule has 0 aliphatic heterocycles. The molecule has 0 bridgehead atoms. The molecule has 0 fully saturated rings. The third-order valence-corrected chi connectivity index (χ3v) is 3.27. The van der Waals surface area contributed by atoms with Crippen molar-refractivity contribution >= 4 is 17.3 Å². The van der Waals surface area contributed by atoms with Crippen molar-refractivity contribution in [3.8, 4) is 6.07 Å². The molecule has 2 nitrogen and oxygen atoms in total. The molecule has 0 spiro atoms. The Hall–Kier alpha value is -1.98. The van der Waals surface area contributed by atoms with E-state index in [9.17, 15) is 0 Å². The molecule has 0 aliphatic carbocycles. The average Bonchev–Trinajstić information content (AvgIpc) is 2.45. The van der Waals surface area contributed by atoms with E-state index in [1.807, 2.05) is 48.5 Å². The first kappa shape index (κ1) is 13.5. The standard InChI is InChI=1S/C16H15ClN2/c1-2-15(12-7-5-8-14(17)10-12)19-16-9-4-3-6-13(16)11-18/h3-10,15,19H,2H2,1H3. The van der Waals surface area contributed by atoms with Crippen molar-refractivity contribution in [2.24, 2.45) is 0 Å². The van der Waals surface area contributed by atoms with E-state index in [-0.39, 0.29) is 6.04 Å². The molecule has 96 valence electrons. The molecule has 2 rings (SSSR count). The summed E-state index contributed by atoms with van der Waals surface area (Å²) in [4.78, 5) is 0. The van der Waals surface area contributed by atoms with Crippen LogP contribution in [0.3, 0.4) is 0 Å². The molecule has 2 aromatic rings. The number of anilines is 1. The van der Waals surface area contributed by atoms with Gasteiger partial charge in [0.1, 0.15) is 6.07 Å². The van der Waals surface area contributed by atoms with Gasteiger partial charge in [-0.25, -0.2) is 0 Å². The fourth-order valence-electron chi connectivity index (χ4n) is 2.04. The normalized spacial score (nSPS) is 11.6. The van der Waals surface area contributed by atoms with Gasteiger partial charge in [-0.15, -0.1) is 0 Å². The van der Waals surface area contributed by atoms with Crippen LogP contribution in [0.15, 0.2) is 48.5 Å². The molecule has 0 saturated heterocycles. The highest BCUT2D eigenvalue weighted by atomic mass is 35.5. The zero-order valence-corrected chi connectivity index (χ0v) is 11.5. The topological polar surface area (TPSA) is 35.8 Å². The van der Waals surface area contributed by atoms with E-state index in [1.54, 1.807) is 0 Å². The molecular formula is C16H15ClN2.